The first-order valence-electron chi connectivity index (χ1n) is 3.79. The molecular formula is C9H5ClFNOS. The van der Waals surface area contributed by atoms with E-state index in [-0.39, 0.29) is 5.89 Å². The zero-order valence-electron chi connectivity index (χ0n) is 6.91. The second-order valence-corrected chi connectivity index (χ2v) is 3.64. The molecule has 5 heteroatoms. The summed E-state index contributed by atoms with van der Waals surface area (Å²) in [5.41, 5.74) is 0.337. The van der Waals surface area contributed by atoms with Crippen LogP contribution in [0.3, 0.4) is 0 Å². The fourth-order valence-corrected chi connectivity index (χ4v) is 1.63. The van der Waals surface area contributed by atoms with E-state index in [1.54, 1.807) is 12.1 Å². The summed E-state index contributed by atoms with van der Waals surface area (Å²) >= 11 is 0. The Morgan fingerprint density at radius 3 is 2.86 bits per heavy atom. The van der Waals surface area contributed by atoms with Gasteiger partial charge in [-0.25, -0.2) is 9.37 Å². The van der Waals surface area contributed by atoms with E-state index in [9.17, 15) is 4.39 Å². The van der Waals surface area contributed by atoms with Gasteiger partial charge in [-0.1, -0.05) is 0 Å². The number of oxazole rings is 1. The monoisotopic (exact) mass is 229 g/mol. The summed E-state index contributed by atoms with van der Waals surface area (Å²) in [5.74, 6) is -0.119. The molecule has 2 aromatic rings. The third kappa shape index (κ3) is 1.76. The number of halogens is 2. The number of aromatic nitrogens is 1. The lowest BCUT2D eigenvalue weighted by Crippen LogP contribution is -1.84. The van der Waals surface area contributed by atoms with Gasteiger partial charge in [0, 0.05) is 4.90 Å². The van der Waals surface area contributed by atoms with Gasteiger partial charge in [-0.3, -0.25) is 0 Å². The number of nitrogens with zero attached hydrogens (tertiary/aromatic N) is 1. The molecule has 0 bridgehead atoms. The summed E-state index contributed by atoms with van der Waals surface area (Å²) in [6, 6.07) is 4.64. The molecule has 0 amide bonds. The van der Waals surface area contributed by atoms with Crippen molar-refractivity contribution in [1.29, 1.82) is 0 Å². The molecule has 0 unspecified atom stereocenters. The minimum absolute atomic E-state index is 0.272. The highest BCUT2D eigenvalue weighted by Gasteiger charge is 2.09. The first-order valence-corrected chi connectivity index (χ1v) is 5.43. The standard InChI is InChI=1S/C9H5ClFNOS/c10-14-6-1-2-7(8(11)5-6)9-12-3-4-13-9/h1-5H. The van der Waals surface area contributed by atoms with Gasteiger partial charge >= 0.3 is 0 Å². The van der Waals surface area contributed by atoms with Gasteiger partial charge < -0.3 is 4.42 Å². The predicted octanol–water partition coefficient (Wildman–Crippen LogP) is 3.73. The Balaban J connectivity index is 2.46. The van der Waals surface area contributed by atoms with Crippen LogP contribution >= 0.6 is 21.7 Å². The maximum atomic E-state index is 13.4. The molecule has 1 aromatic heterocycles. The van der Waals surface area contributed by atoms with Crippen LogP contribution in [0.15, 0.2) is 40.0 Å². The summed E-state index contributed by atoms with van der Waals surface area (Å²) in [7, 11) is 6.46. The molecule has 0 aliphatic heterocycles. The van der Waals surface area contributed by atoms with Crippen molar-refractivity contribution in [3.8, 4) is 11.5 Å². The summed E-state index contributed by atoms with van der Waals surface area (Å²) in [5, 5.41) is 0. The third-order valence-corrected chi connectivity index (χ3v) is 2.66. The molecule has 2 rings (SSSR count). The molecule has 1 heterocycles. The van der Waals surface area contributed by atoms with E-state index in [4.69, 9.17) is 15.1 Å². The second kappa shape index (κ2) is 4.02. The van der Waals surface area contributed by atoms with Crippen LogP contribution in [-0.2, 0) is 0 Å². The Bertz CT molecular complexity index is 432. The number of benzene rings is 1. The molecule has 2 nitrogen and oxygen atoms in total. The SMILES string of the molecule is Fc1cc(SCl)ccc1-c1ncco1. The molecule has 0 saturated carbocycles. The molecule has 72 valence electrons. The summed E-state index contributed by atoms with van der Waals surface area (Å²) < 4.78 is 18.4. The second-order valence-electron chi connectivity index (χ2n) is 2.56. The zero-order chi connectivity index (χ0) is 9.97. The minimum Gasteiger partial charge on any atom is -0.444 e. The Morgan fingerprint density at radius 1 is 1.43 bits per heavy atom. The molecule has 1 aromatic carbocycles. The maximum Gasteiger partial charge on any atom is 0.228 e. The van der Waals surface area contributed by atoms with Crippen LogP contribution in [0, 0.1) is 5.82 Å². The first kappa shape index (κ1) is 9.55. The Kier molecular flexibility index (Phi) is 2.74. The minimum atomic E-state index is -0.391. The molecule has 0 radical (unpaired) electrons. The van der Waals surface area contributed by atoms with E-state index < -0.39 is 5.82 Å². The highest BCUT2D eigenvalue weighted by Crippen LogP contribution is 2.28. The van der Waals surface area contributed by atoms with Gasteiger partial charge in [0.15, 0.2) is 0 Å². The Labute approximate surface area is 88.6 Å². The molecule has 0 spiro atoms. The van der Waals surface area contributed by atoms with Gasteiger partial charge in [0.25, 0.3) is 0 Å². The molecule has 0 atom stereocenters. The van der Waals surface area contributed by atoms with Crippen molar-refractivity contribution in [2.45, 2.75) is 4.90 Å². The fourth-order valence-electron chi connectivity index (χ4n) is 1.07. The Hall–Kier alpha value is -1.00. The lowest BCUT2D eigenvalue weighted by Gasteiger charge is -1.99. The van der Waals surface area contributed by atoms with E-state index in [1.807, 2.05) is 0 Å². The quantitative estimate of drug-likeness (QED) is 0.785. The third-order valence-electron chi connectivity index (χ3n) is 1.69. The van der Waals surface area contributed by atoms with Crippen molar-refractivity contribution < 1.29 is 8.81 Å². The first-order chi connectivity index (χ1) is 6.81. The van der Waals surface area contributed by atoms with Gasteiger partial charge in [-0.05, 0) is 39.9 Å². The van der Waals surface area contributed by atoms with E-state index in [0.717, 1.165) is 11.0 Å². The van der Waals surface area contributed by atoms with E-state index in [1.165, 1.54) is 18.5 Å². The average molecular weight is 230 g/mol. The van der Waals surface area contributed by atoms with Crippen LogP contribution in [0.2, 0.25) is 0 Å². The van der Waals surface area contributed by atoms with Crippen LogP contribution in [0.1, 0.15) is 0 Å². The number of rotatable bonds is 2. The summed E-state index contributed by atoms with van der Waals surface area (Å²) in [6.45, 7) is 0. The van der Waals surface area contributed by atoms with Gasteiger partial charge in [-0.2, -0.15) is 0 Å². The molecule has 0 aliphatic rings. The van der Waals surface area contributed by atoms with Gasteiger partial charge in [0.1, 0.15) is 12.1 Å². The van der Waals surface area contributed by atoms with Crippen molar-refractivity contribution in [3.63, 3.8) is 0 Å². The van der Waals surface area contributed by atoms with E-state index in [2.05, 4.69) is 4.98 Å². The van der Waals surface area contributed by atoms with Gasteiger partial charge in [-0.15, -0.1) is 0 Å². The van der Waals surface area contributed by atoms with Crippen molar-refractivity contribution in [3.05, 3.63) is 36.5 Å². The molecular weight excluding hydrogens is 225 g/mol. The lowest BCUT2D eigenvalue weighted by atomic mass is 10.2. The zero-order valence-corrected chi connectivity index (χ0v) is 8.48. The van der Waals surface area contributed by atoms with Gasteiger partial charge in [0.05, 0.1) is 11.8 Å². The molecule has 0 aliphatic carbocycles. The smallest absolute Gasteiger partial charge is 0.228 e. The van der Waals surface area contributed by atoms with Crippen LogP contribution < -0.4 is 0 Å². The van der Waals surface area contributed by atoms with Crippen molar-refractivity contribution in [1.82, 2.24) is 4.98 Å². The normalized spacial score (nSPS) is 10.4. The van der Waals surface area contributed by atoms with Crippen molar-refractivity contribution in [2.24, 2.45) is 0 Å². The average Bonchev–Trinajstić information content (AvgIpc) is 2.70. The summed E-state index contributed by atoms with van der Waals surface area (Å²) in [6.07, 6.45) is 2.87. The highest BCUT2D eigenvalue weighted by molar-refractivity contribution is 8.21. The predicted molar refractivity (Wildman–Crippen MR) is 53.6 cm³/mol. The molecule has 0 N–H and O–H groups in total. The lowest BCUT2D eigenvalue weighted by molar-refractivity contribution is 0.561. The molecule has 14 heavy (non-hydrogen) atoms. The largest absolute Gasteiger partial charge is 0.444 e. The van der Waals surface area contributed by atoms with Crippen LogP contribution in [-0.4, -0.2) is 4.98 Å². The topological polar surface area (TPSA) is 26.0 Å². The number of hydrogen-bond donors (Lipinski definition) is 0. The van der Waals surface area contributed by atoms with E-state index >= 15 is 0 Å². The van der Waals surface area contributed by atoms with Crippen molar-refractivity contribution >= 4 is 21.7 Å². The fraction of sp³-hybridized carbons (Fsp3) is 0. The van der Waals surface area contributed by atoms with Crippen molar-refractivity contribution in [2.75, 3.05) is 0 Å². The summed E-state index contributed by atoms with van der Waals surface area (Å²) in [4.78, 5) is 4.51. The van der Waals surface area contributed by atoms with Crippen LogP contribution in [0.25, 0.3) is 11.5 Å². The molecule has 0 saturated heterocycles. The molecule has 0 fully saturated rings. The highest BCUT2D eigenvalue weighted by atomic mass is 35.7. The van der Waals surface area contributed by atoms with Gasteiger partial charge in [0.2, 0.25) is 5.89 Å². The van der Waals surface area contributed by atoms with Crippen LogP contribution in [0.4, 0.5) is 4.39 Å². The van der Waals surface area contributed by atoms with Crippen LogP contribution in [0.5, 0.6) is 0 Å². The number of hydrogen-bond acceptors (Lipinski definition) is 3. The van der Waals surface area contributed by atoms with E-state index in [0.29, 0.717) is 10.5 Å². The Morgan fingerprint density at radius 2 is 2.29 bits per heavy atom. The maximum absolute atomic E-state index is 13.4.